The Labute approximate surface area is 130 Å². The highest BCUT2D eigenvalue weighted by molar-refractivity contribution is 9.10. The predicted molar refractivity (Wildman–Crippen MR) is 85.1 cm³/mol. The number of aryl methyl sites for hydroxylation is 1. The van der Waals surface area contributed by atoms with Crippen LogP contribution >= 0.6 is 27.5 Å². The molecule has 0 radical (unpaired) electrons. The molecule has 0 fully saturated rings. The Bertz CT molecular complexity index is 767. The summed E-state index contributed by atoms with van der Waals surface area (Å²) in [7, 11) is 0. The van der Waals surface area contributed by atoms with E-state index < -0.39 is 0 Å². The average Bonchev–Trinajstić information content (AvgIpc) is 2.79. The molecule has 1 aromatic carbocycles. The number of hydrogen-bond donors (Lipinski definition) is 0. The van der Waals surface area contributed by atoms with E-state index in [1.807, 2.05) is 30.6 Å². The molecule has 102 valence electrons. The van der Waals surface area contributed by atoms with Gasteiger partial charge in [0.15, 0.2) is 0 Å². The quantitative estimate of drug-likeness (QED) is 0.660. The van der Waals surface area contributed by atoms with Gasteiger partial charge in [-0.3, -0.25) is 4.98 Å². The zero-order chi connectivity index (χ0) is 14.1. The van der Waals surface area contributed by atoms with Crippen molar-refractivity contribution in [3.05, 3.63) is 58.1 Å². The number of nitrogens with zero attached hydrogens (tertiary/aromatic N) is 3. The number of fused-ring (bicyclic) bond motifs is 1. The van der Waals surface area contributed by atoms with Crippen molar-refractivity contribution in [2.75, 3.05) is 0 Å². The van der Waals surface area contributed by atoms with E-state index in [4.69, 9.17) is 11.6 Å². The predicted octanol–water partition coefficient (Wildman–Crippen LogP) is 4.29. The van der Waals surface area contributed by atoms with Crippen molar-refractivity contribution in [3.8, 4) is 0 Å². The molecule has 0 bridgehead atoms. The summed E-state index contributed by atoms with van der Waals surface area (Å²) in [5.74, 6) is 1.28. The molecule has 0 N–H and O–H groups in total. The summed E-state index contributed by atoms with van der Waals surface area (Å²) in [6.45, 7) is 2.82. The number of aromatic nitrogens is 3. The molecule has 0 saturated heterocycles. The van der Waals surface area contributed by atoms with E-state index in [2.05, 4.69) is 43.5 Å². The van der Waals surface area contributed by atoms with Crippen molar-refractivity contribution in [1.82, 2.24) is 14.5 Å². The number of alkyl halides is 1. The average molecular weight is 351 g/mol. The van der Waals surface area contributed by atoms with Crippen LogP contribution in [0.3, 0.4) is 0 Å². The minimum absolute atomic E-state index is 0.399. The molecule has 3 nitrogen and oxygen atoms in total. The van der Waals surface area contributed by atoms with Gasteiger partial charge in [-0.25, -0.2) is 4.98 Å². The Morgan fingerprint density at radius 1 is 1.30 bits per heavy atom. The van der Waals surface area contributed by atoms with E-state index in [1.54, 1.807) is 0 Å². The Hall–Kier alpha value is -1.39. The van der Waals surface area contributed by atoms with E-state index in [0.29, 0.717) is 5.88 Å². The highest BCUT2D eigenvalue weighted by atomic mass is 79.9. The Kier molecular flexibility index (Phi) is 3.76. The zero-order valence-corrected chi connectivity index (χ0v) is 13.3. The Morgan fingerprint density at radius 2 is 2.15 bits per heavy atom. The fourth-order valence-corrected chi connectivity index (χ4v) is 2.83. The van der Waals surface area contributed by atoms with Crippen LogP contribution in [-0.4, -0.2) is 14.5 Å². The molecule has 20 heavy (non-hydrogen) atoms. The van der Waals surface area contributed by atoms with Crippen LogP contribution in [0.4, 0.5) is 0 Å². The van der Waals surface area contributed by atoms with E-state index in [1.165, 1.54) is 11.1 Å². The molecule has 3 rings (SSSR count). The van der Waals surface area contributed by atoms with Gasteiger partial charge in [-0.15, -0.1) is 11.6 Å². The molecule has 5 heteroatoms. The first kappa shape index (κ1) is 13.6. The molecule has 0 amide bonds. The lowest BCUT2D eigenvalue weighted by atomic mass is 10.1. The van der Waals surface area contributed by atoms with Crippen LogP contribution in [-0.2, 0) is 12.4 Å². The summed E-state index contributed by atoms with van der Waals surface area (Å²) in [6, 6.07) is 8.12. The maximum absolute atomic E-state index is 6.04. The van der Waals surface area contributed by atoms with Crippen LogP contribution in [0, 0.1) is 6.92 Å². The standard InChI is InChI=1S/C15H13BrClN3/c1-10-8-18-5-4-11(10)9-20-14-6-12(16)2-3-13(14)19-15(20)7-17/h2-6,8H,7,9H2,1H3. The number of hydrogen-bond acceptors (Lipinski definition) is 2. The second-order valence-corrected chi connectivity index (χ2v) is 5.87. The molecule has 0 spiro atoms. The van der Waals surface area contributed by atoms with E-state index >= 15 is 0 Å². The lowest BCUT2D eigenvalue weighted by Crippen LogP contribution is -2.05. The second kappa shape index (κ2) is 5.54. The molecule has 3 aromatic rings. The molecule has 0 unspecified atom stereocenters. The minimum atomic E-state index is 0.399. The third-order valence-electron chi connectivity index (χ3n) is 3.37. The van der Waals surface area contributed by atoms with Crippen molar-refractivity contribution in [2.24, 2.45) is 0 Å². The lowest BCUT2D eigenvalue weighted by molar-refractivity contribution is 0.772. The van der Waals surface area contributed by atoms with Crippen LogP contribution in [0.15, 0.2) is 41.1 Å². The fourth-order valence-electron chi connectivity index (χ4n) is 2.27. The van der Waals surface area contributed by atoms with Crippen LogP contribution in [0.1, 0.15) is 17.0 Å². The molecule has 0 aliphatic carbocycles. The summed E-state index contributed by atoms with van der Waals surface area (Å²) < 4.78 is 3.20. The number of pyridine rings is 1. The Morgan fingerprint density at radius 3 is 2.90 bits per heavy atom. The van der Waals surface area contributed by atoms with Gasteiger partial charge in [0, 0.05) is 23.4 Å². The van der Waals surface area contributed by atoms with Gasteiger partial charge in [-0.1, -0.05) is 15.9 Å². The van der Waals surface area contributed by atoms with Gasteiger partial charge in [0.05, 0.1) is 16.9 Å². The summed E-state index contributed by atoms with van der Waals surface area (Å²) in [5, 5.41) is 0. The van der Waals surface area contributed by atoms with Gasteiger partial charge in [-0.05, 0) is 42.3 Å². The summed E-state index contributed by atoms with van der Waals surface area (Å²) >= 11 is 9.56. The maximum atomic E-state index is 6.04. The van der Waals surface area contributed by atoms with Crippen LogP contribution in [0.5, 0.6) is 0 Å². The highest BCUT2D eigenvalue weighted by Gasteiger charge is 2.11. The maximum Gasteiger partial charge on any atom is 0.125 e. The van der Waals surface area contributed by atoms with Crippen molar-refractivity contribution in [1.29, 1.82) is 0 Å². The number of halogens is 2. The van der Waals surface area contributed by atoms with Crippen molar-refractivity contribution in [2.45, 2.75) is 19.3 Å². The number of benzene rings is 1. The summed E-state index contributed by atoms with van der Waals surface area (Å²) in [5.41, 5.74) is 4.46. The lowest BCUT2D eigenvalue weighted by Gasteiger charge is -2.10. The molecule has 0 saturated carbocycles. The monoisotopic (exact) mass is 349 g/mol. The van der Waals surface area contributed by atoms with Gasteiger partial charge in [0.1, 0.15) is 5.82 Å². The molecule has 2 heterocycles. The normalized spacial score (nSPS) is 11.2. The fraction of sp³-hybridized carbons (Fsp3) is 0.200. The highest BCUT2D eigenvalue weighted by Crippen LogP contribution is 2.23. The second-order valence-electron chi connectivity index (χ2n) is 4.68. The van der Waals surface area contributed by atoms with E-state index in [-0.39, 0.29) is 0 Å². The molecule has 0 atom stereocenters. The summed E-state index contributed by atoms with van der Waals surface area (Å²) in [6.07, 6.45) is 3.70. The van der Waals surface area contributed by atoms with Crippen molar-refractivity contribution in [3.63, 3.8) is 0 Å². The first-order valence-electron chi connectivity index (χ1n) is 6.29. The van der Waals surface area contributed by atoms with Crippen LogP contribution in [0.2, 0.25) is 0 Å². The van der Waals surface area contributed by atoms with Crippen molar-refractivity contribution < 1.29 is 0 Å². The molecule has 0 aliphatic heterocycles. The SMILES string of the molecule is Cc1cnccc1Cn1c(CCl)nc2ccc(Br)cc21. The van der Waals surface area contributed by atoms with Crippen molar-refractivity contribution >= 4 is 38.6 Å². The molecular formula is C15H13BrClN3. The first-order chi connectivity index (χ1) is 9.69. The molecular weight excluding hydrogens is 338 g/mol. The number of imidazole rings is 1. The topological polar surface area (TPSA) is 30.7 Å². The third-order valence-corrected chi connectivity index (χ3v) is 4.11. The van der Waals surface area contributed by atoms with E-state index in [9.17, 15) is 0 Å². The van der Waals surface area contributed by atoms with E-state index in [0.717, 1.165) is 27.9 Å². The third kappa shape index (κ3) is 2.45. The van der Waals surface area contributed by atoms with Gasteiger partial charge >= 0.3 is 0 Å². The van der Waals surface area contributed by atoms with Gasteiger partial charge in [0.2, 0.25) is 0 Å². The largest absolute Gasteiger partial charge is 0.322 e. The zero-order valence-electron chi connectivity index (χ0n) is 11.0. The van der Waals surface area contributed by atoms with Crippen LogP contribution < -0.4 is 0 Å². The number of rotatable bonds is 3. The molecule has 2 aromatic heterocycles. The smallest absolute Gasteiger partial charge is 0.125 e. The minimum Gasteiger partial charge on any atom is -0.322 e. The molecule has 0 aliphatic rings. The summed E-state index contributed by atoms with van der Waals surface area (Å²) in [4.78, 5) is 8.73. The first-order valence-corrected chi connectivity index (χ1v) is 7.62. The van der Waals surface area contributed by atoms with Gasteiger partial charge in [-0.2, -0.15) is 0 Å². The van der Waals surface area contributed by atoms with Gasteiger partial charge < -0.3 is 4.57 Å². The Balaban J connectivity index is 2.14. The van der Waals surface area contributed by atoms with Gasteiger partial charge in [0.25, 0.3) is 0 Å². The van der Waals surface area contributed by atoms with Crippen LogP contribution in [0.25, 0.3) is 11.0 Å².